The molecule has 0 aliphatic carbocycles. The predicted molar refractivity (Wildman–Crippen MR) is 243 cm³/mol. The maximum Gasteiger partial charge on any atom is 0.472 e. The lowest BCUT2D eigenvalue weighted by molar-refractivity contribution is -0.161. The summed E-state index contributed by atoms with van der Waals surface area (Å²) in [6.45, 7) is 3.69. The van der Waals surface area contributed by atoms with Gasteiger partial charge in [-0.05, 0) is 57.8 Å². The fraction of sp³-hybridized carbons (Fsp3) is 0.792. The van der Waals surface area contributed by atoms with Crippen LogP contribution in [0.2, 0.25) is 0 Å². The van der Waals surface area contributed by atoms with Crippen molar-refractivity contribution in [3.8, 4) is 0 Å². The number of hydrogen-bond acceptors (Lipinski definition) is 8. The standard InChI is InChI=1S/C48H88NO8P/c1-3-5-7-9-11-13-15-17-19-21-23-25-26-28-30-32-34-36-38-40-47(50)54-44-46(45-56-58(52,53)55-43-42-49)57-48(51)41-39-37-35-33-31-29-27-24-22-20-18-16-14-12-10-8-6-4-2/h11,13,17,19,23,25,28,30,46H,3-10,12,14-16,18,20-22,24,26-27,29,31-45,49H2,1-2H3,(H,52,53)/b13-11-,19-17-,25-23-,30-28-/t46-/m1/s1. The third-order valence-electron chi connectivity index (χ3n) is 9.97. The lowest BCUT2D eigenvalue weighted by Crippen LogP contribution is -2.29. The molecule has 2 atom stereocenters. The van der Waals surface area contributed by atoms with Crippen molar-refractivity contribution in [3.05, 3.63) is 48.6 Å². The quantitative estimate of drug-likeness (QED) is 0.0266. The van der Waals surface area contributed by atoms with Crippen molar-refractivity contribution < 1.29 is 37.6 Å². The van der Waals surface area contributed by atoms with Crippen LogP contribution in [0.4, 0.5) is 0 Å². The van der Waals surface area contributed by atoms with Gasteiger partial charge in [-0.25, -0.2) is 4.57 Å². The van der Waals surface area contributed by atoms with E-state index in [4.69, 9.17) is 24.3 Å². The summed E-state index contributed by atoms with van der Waals surface area (Å²) in [5.74, 6) is -0.859. The number of esters is 2. The molecule has 0 spiro atoms. The average Bonchev–Trinajstić information content (AvgIpc) is 3.21. The Kier molecular flexibility index (Phi) is 43.0. The van der Waals surface area contributed by atoms with E-state index >= 15 is 0 Å². The predicted octanol–water partition coefficient (Wildman–Crippen LogP) is 13.9. The van der Waals surface area contributed by atoms with E-state index < -0.39 is 32.5 Å². The molecule has 0 bridgehead atoms. The highest BCUT2D eigenvalue weighted by Crippen LogP contribution is 2.43. The Labute approximate surface area is 356 Å². The molecule has 0 aromatic rings. The summed E-state index contributed by atoms with van der Waals surface area (Å²) < 4.78 is 32.8. The summed E-state index contributed by atoms with van der Waals surface area (Å²) >= 11 is 0. The number of carbonyl (C=O) groups excluding carboxylic acids is 2. The smallest absolute Gasteiger partial charge is 0.462 e. The van der Waals surface area contributed by atoms with E-state index in [0.29, 0.717) is 12.8 Å². The van der Waals surface area contributed by atoms with E-state index in [9.17, 15) is 19.0 Å². The van der Waals surface area contributed by atoms with Gasteiger partial charge in [-0.2, -0.15) is 0 Å². The van der Waals surface area contributed by atoms with Crippen molar-refractivity contribution in [3.63, 3.8) is 0 Å². The second-order valence-electron chi connectivity index (χ2n) is 15.6. The van der Waals surface area contributed by atoms with Crippen LogP contribution in [0.1, 0.15) is 213 Å². The van der Waals surface area contributed by atoms with Crippen molar-refractivity contribution in [1.82, 2.24) is 0 Å². The zero-order chi connectivity index (χ0) is 42.5. The Morgan fingerprint density at radius 3 is 1.36 bits per heavy atom. The molecule has 58 heavy (non-hydrogen) atoms. The highest BCUT2D eigenvalue weighted by atomic mass is 31.2. The molecule has 9 nitrogen and oxygen atoms in total. The van der Waals surface area contributed by atoms with Crippen LogP contribution >= 0.6 is 7.82 Å². The van der Waals surface area contributed by atoms with E-state index in [2.05, 4.69) is 62.5 Å². The Morgan fingerprint density at radius 2 is 0.897 bits per heavy atom. The van der Waals surface area contributed by atoms with Crippen LogP contribution in [-0.4, -0.2) is 49.3 Å². The fourth-order valence-corrected chi connectivity index (χ4v) is 7.21. The first-order chi connectivity index (χ1) is 28.3. The first-order valence-electron chi connectivity index (χ1n) is 23.6. The molecule has 0 heterocycles. The molecular weight excluding hydrogens is 750 g/mol. The van der Waals surface area contributed by atoms with Gasteiger partial charge < -0.3 is 20.1 Å². The van der Waals surface area contributed by atoms with E-state index in [-0.39, 0.29) is 32.6 Å². The monoisotopic (exact) mass is 838 g/mol. The molecule has 0 aliphatic rings. The maximum absolute atomic E-state index is 12.6. The number of nitrogens with two attached hydrogens (primary N) is 1. The summed E-state index contributed by atoms with van der Waals surface area (Å²) in [7, 11) is -4.39. The van der Waals surface area contributed by atoms with Crippen LogP contribution in [-0.2, 0) is 32.7 Å². The zero-order valence-electron chi connectivity index (χ0n) is 37.3. The molecule has 0 saturated carbocycles. The van der Waals surface area contributed by atoms with Crippen molar-refractivity contribution >= 4 is 19.8 Å². The minimum absolute atomic E-state index is 0.0485. The van der Waals surface area contributed by atoms with Crippen LogP contribution in [0.3, 0.4) is 0 Å². The molecule has 0 fully saturated rings. The topological polar surface area (TPSA) is 134 Å². The SMILES string of the molecule is CCCCC/C=C\C/C=C\C/C=C\C/C=C\CCCCCC(=O)OC[C@H](COP(=O)(O)OCCN)OC(=O)CCCCCCCCCCCCCCCCCCCC. The van der Waals surface area contributed by atoms with Gasteiger partial charge in [0.25, 0.3) is 0 Å². The number of hydrogen-bond donors (Lipinski definition) is 2. The first kappa shape index (κ1) is 56.0. The van der Waals surface area contributed by atoms with Gasteiger partial charge in [-0.3, -0.25) is 18.6 Å². The lowest BCUT2D eigenvalue weighted by Gasteiger charge is -2.19. The van der Waals surface area contributed by atoms with Gasteiger partial charge in [0, 0.05) is 19.4 Å². The summed E-state index contributed by atoms with van der Waals surface area (Å²) in [6.07, 6.45) is 51.4. The molecule has 1 unspecified atom stereocenters. The molecule has 0 rings (SSSR count). The van der Waals surface area contributed by atoms with Gasteiger partial charge >= 0.3 is 19.8 Å². The third kappa shape index (κ3) is 43.5. The Hall–Kier alpha value is -2.03. The molecule has 0 amide bonds. The molecule has 0 aromatic heterocycles. The van der Waals surface area contributed by atoms with E-state index in [0.717, 1.165) is 51.4 Å². The Bertz CT molecular complexity index is 1090. The first-order valence-corrected chi connectivity index (χ1v) is 25.1. The molecule has 10 heteroatoms. The van der Waals surface area contributed by atoms with E-state index in [1.165, 1.54) is 122 Å². The van der Waals surface area contributed by atoms with Crippen LogP contribution in [0.15, 0.2) is 48.6 Å². The minimum atomic E-state index is -4.39. The number of phosphoric acid groups is 1. The van der Waals surface area contributed by atoms with Crippen molar-refractivity contribution in [2.24, 2.45) is 5.73 Å². The lowest BCUT2D eigenvalue weighted by atomic mass is 10.0. The normalized spacial score (nSPS) is 13.7. The number of unbranched alkanes of at least 4 members (excludes halogenated alkanes) is 23. The molecule has 338 valence electrons. The highest BCUT2D eigenvalue weighted by Gasteiger charge is 2.26. The average molecular weight is 838 g/mol. The summed E-state index contributed by atoms with van der Waals surface area (Å²) in [5, 5.41) is 0. The molecule has 0 aromatic carbocycles. The second-order valence-corrected chi connectivity index (χ2v) is 17.1. The largest absolute Gasteiger partial charge is 0.472 e. The van der Waals surface area contributed by atoms with Gasteiger partial charge in [0.15, 0.2) is 6.10 Å². The number of rotatable bonds is 44. The van der Waals surface area contributed by atoms with Crippen molar-refractivity contribution in [2.45, 2.75) is 219 Å². The molecule has 3 N–H and O–H groups in total. The van der Waals surface area contributed by atoms with Crippen LogP contribution in [0.25, 0.3) is 0 Å². The van der Waals surface area contributed by atoms with Crippen LogP contribution in [0, 0.1) is 0 Å². The minimum Gasteiger partial charge on any atom is -0.462 e. The molecule has 0 aliphatic heterocycles. The van der Waals surface area contributed by atoms with E-state index in [1.54, 1.807) is 0 Å². The van der Waals surface area contributed by atoms with Crippen molar-refractivity contribution in [1.29, 1.82) is 0 Å². The zero-order valence-corrected chi connectivity index (χ0v) is 38.2. The fourth-order valence-electron chi connectivity index (χ4n) is 6.44. The van der Waals surface area contributed by atoms with Gasteiger partial charge in [-0.1, -0.05) is 191 Å². The molecule has 0 radical (unpaired) electrons. The highest BCUT2D eigenvalue weighted by molar-refractivity contribution is 7.47. The van der Waals surface area contributed by atoms with Crippen molar-refractivity contribution in [2.75, 3.05) is 26.4 Å². The number of ether oxygens (including phenoxy) is 2. The number of carbonyl (C=O) groups is 2. The number of allylic oxidation sites excluding steroid dienone is 8. The summed E-state index contributed by atoms with van der Waals surface area (Å²) in [4.78, 5) is 35.0. The third-order valence-corrected chi connectivity index (χ3v) is 11.0. The van der Waals surface area contributed by atoms with Gasteiger partial charge in [0.05, 0.1) is 13.2 Å². The summed E-state index contributed by atoms with van der Waals surface area (Å²) in [6, 6.07) is 0. The maximum atomic E-state index is 12.6. The molecule has 0 saturated heterocycles. The Balaban J connectivity index is 4.15. The van der Waals surface area contributed by atoms with Crippen LogP contribution < -0.4 is 5.73 Å². The number of phosphoric ester groups is 1. The summed E-state index contributed by atoms with van der Waals surface area (Å²) in [5.41, 5.74) is 5.35. The van der Waals surface area contributed by atoms with Gasteiger partial charge in [0.2, 0.25) is 0 Å². The van der Waals surface area contributed by atoms with Crippen LogP contribution in [0.5, 0.6) is 0 Å². The van der Waals surface area contributed by atoms with Gasteiger partial charge in [-0.15, -0.1) is 0 Å². The van der Waals surface area contributed by atoms with Gasteiger partial charge in [0.1, 0.15) is 6.61 Å². The second kappa shape index (κ2) is 44.5. The van der Waals surface area contributed by atoms with E-state index in [1.807, 2.05) is 0 Å². The molecular formula is C48H88NO8P. The Morgan fingerprint density at radius 1 is 0.517 bits per heavy atom.